The zero-order valence-electron chi connectivity index (χ0n) is 8.83. The average Bonchev–Trinajstić information content (AvgIpc) is 2.11. The van der Waals surface area contributed by atoms with Crippen molar-refractivity contribution in [2.24, 2.45) is 11.8 Å². The van der Waals surface area contributed by atoms with Crippen LogP contribution >= 0.6 is 0 Å². The lowest BCUT2D eigenvalue weighted by Crippen LogP contribution is -2.23. The van der Waals surface area contributed by atoms with Crippen LogP contribution in [0.5, 0.6) is 0 Å². The molecule has 0 saturated carbocycles. The molecule has 1 N–H and O–H groups in total. The fourth-order valence-corrected chi connectivity index (χ4v) is 1.09. The molecule has 2 unspecified atom stereocenters. The summed E-state index contributed by atoms with van der Waals surface area (Å²) in [6, 6.07) is 0. The first kappa shape index (κ1) is 12.2. The van der Waals surface area contributed by atoms with Gasteiger partial charge in [0.15, 0.2) is 0 Å². The van der Waals surface area contributed by atoms with E-state index >= 15 is 0 Å². The Morgan fingerprint density at radius 2 is 1.77 bits per heavy atom. The van der Waals surface area contributed by atoms with Crippen molar-refractivity contribution in [3.63, 3.8) is 0 Å². The smallest absolute Gasteiger partial charge is 0.0817 e. The van der Waals surface area contributed by atoms with Gasteiger partial charge < -0.3 is 5.11 Å². The lowest BCUT2D eigenvalue weighted by atomic mass is 9.88. The number of aliphatic hydroxyl groups excluding tert-OH is 1. The van der Waals surface area contributed by atoms with Gasteiger partial charge in [0.05, 0.1) is 6.10 Å². The number of hydrogen-bond acceptors (Lipinski definition) is 1. The Hall–Kier alpha value is -0.820. The number of hydrogen-bond donors (Lipinski definition) is 1. The Morgan fingerprint density at radius 1 is 1.23 bits per heavy atom. The third kappa shape index (κ3) is 3.60. The van der Waals surface area contributed by atoms with Gasteiger partial charge in [-0.05, 0) is 17.4 Å². The highest BCUT2D eigenvalue weighted by molar-refractivity contribution is 5.25. The first-order chi connectivity index (χ1) is 6.04. The van der Waals surface area contributed by atoms with Crippen LogP contribution in [0.4, 0.5) is 0 Å². The average molecular weight is 180 g/mol. The maximum absolute atomic E-state index is 9.89. The minimum Gasteiger partial charge on any atom is -0.388 e. The monoisotopic (exact) mass is 180 g/mol. The summed E-state index contributed by atoms with van der Waals surface area (Å²) in [6.07, 6.45) is 4.73. The van der Waals surface area contributed by atoms with Crippen molar-refractivity contribution in [3.8, 4) is 0 Å². The summed E-state index contributed by atoms with van der Waals surface area (Å²) < 4.78 is 0. The molecule has 0 aromatic rings. The SMILES string of the molecule is C=C/C=C(\C=C)C(O)C(C)C(C)C. The molecule has 0 spiro atoms. The third-order valence-corrected chi connectivity index (χ3v) is 2.44. The van der Waals surface area contributed by atoms with E-state index < -0.39 is 6.10 Å². The summed E-state index contributed by atoms with van der Waals surface area (Å²) in [5.74, 6) is 0.701. The van der Waals surface area contributed by atoms with Gasteiger partial charge in [-0.25, -0.2) is 0 Å². The number of rotatable bonds is 5. The lowest BCUT2D eigenvalue weighted by Gasteiger charge is -2.23. The van der Waals surface area contributed by atoms with E-state index in [-0.39, 0.29) is 5.92 Å². The zero-order chi connectivity index (χ0) is 10.4. The summed E-state index contributed by atoms with van der Waals surface area (Å²) in [7, 11) is 0. The Morgan fingerprint density at radius 3 is 2.08 bits per heavy atom. The third-order valence-electron chi connectivity index (χ3n) is 2.44. The molecule has 0 radical (unpaired) electrons. The molecule has 13 heavy (non-hydrogen) atoms. The first-order valence-electron chi connectivity index (χ1n) is 4.67. The molecule has 2 atom stereocenters. The molecule has 74 valence electrons. The van der Waals surface area contributed by atoms with Gasteiger partial charge in [0.2, 0.25) is 0 Å². The minimum absolute atomic E-state index is 0.240. The van der Waals surface area contributed by atoms with Gasteiger partial charge >= 0.3 is 0 Å². The standard InChI is InChI=1S/C12H20O/c1-6-8-11(7-2)12(13)10(5)9(3)4/h6-10,12-13H,1-2H2,3-5H3/b11-8+. The van der Waals surface area contributed by atoms with Gasteiger partial charge in [-0.15, -0.1) is 0 Å². The maximum Gasteiger partial charge on any atom is 0.0817 e. The molecule has 0 bridgehead atoms. The predicted molar refractivity (Wildman–Crippen MR) is 58.5 cm³/mol. The molecule has 0 rings (SSSR count). The summed E-state index contributed by atoms with van der Waals surface area (Å²) in [6.45, 7) is 13.5. The Balaban J connectivity index is 4.54. The Kier molecular flexibility index (Phi) is 5.40. The van der Waals surface area contributed by atoms with E-state index in [1.807, 2.05) is 6.92 Å². The minimum atomic E-state index is -0.435. The molecule has 0 aromatic carbocycles. The molecule has 0 heterocycles. The number of aliphatic hydroxyl groups is 1. The number of allylic oxidation sites excluding steroid dienone is 2. The van der Waals surface area contributed by atoms with E-state index in [0.29, 0.717) is 5.92 Å². The van der Waals surface area contributed by atoms with E-state index in [9.17, 15) is 5.11 Å². The summed E-state index contributed by atoms with van der Waals surface area (Å²) in [5.41, 5.74) is 0.844. The first-order valence-corrected chi connectivity index (χ1v) is 4.67. The second-order valence-electron chi connectivity index (χ2n) is 3.65. The summed E-state index contributed by atoms with van der Waals surface area (Å²) in [5, 5.41) is 9.89. The van der Waals surface area contributed by atoms with Gasteiger partial charge in [-0.2, -0.15) is 0 Å². The largest absolute Gasteiger partial charge is 0.388 e. The van der Waals surface area contributed by atoms with Crippen LogP contribution in [0, 0.1) is 11.8 Å². The highest BCUT2D eigenvalue weighted by Crippen LogP contribution is 2.20. The van der Waals surface area contributed by atoms with Gasteiger partial charge in [0.25, 0.3) is 0 Å². The highest BCUT2D eigenvalue weighted by atomic mass is 16.3. The van der Waals surface area contributed by atoms with Crippen LogP contribution in [-0.4, -0.2) is 11.2 Å². The van der Waals surface area contributed by atoms with Crippen LogP contribution in [0.15, 0.2) is 37.0 Å². The van der Waals surface area contributed by atoms with Crippen LogP contribution in [0.2, 0.25) is 0 Å². The van der Waals surface area contributed by atoms with Crippen molar-refractivity contribution < 1.29 is 5.11 Å². The maximum atomic E-state index is 9.89. The van der Waals surface area contributed by atoms with Crippen LogP contribution in [-0.2, 0) is 0 Å². The zero-order valence-corrected chi connectivity index (χ0v) is 8.83. The van der Waals surface area contributed by atoms with Crippen molar-refractivity contribution in [1.82, 2.24) is 0 Å². The van der Waals surface area contributed by atoms with Gasteiger partial charge in [0.1, 0.15) is 0 Å². The second-order valence-corrected chi connectivity index (χ2v) is 3.65. The van der Waals surface area contributed by atoms with Gasteiger partial charge in [0, 0.05) is 0 Å². The molecule has 0 aliphatic carbocycles. The van der Waals surface area contributed by atoms with E-state index in [1.165, 1.54) is 0 Å². The second kappa shape index (κ2) is 5.76. The van der Waals surface area contributed by atoms with E-state index in [4.69, 9.17) is 0 Å². The fraction of sp³-hybridized carbons (Fsp3) is 0.500. The predicted octanol–water partition coefficient (Wildman–Crippen LogP) is 2.94. The molecule has 1 nitrogen and oxygen atoms in total. The molecule has 0 aliphatic heterocycles. The van der Waals surface area contributed by atoms with Crippen molar-refractivity contribution >= 4 is 0 Å². The van der Waals surface area contributed by atoms with Crippen molar-refractivity contribution in [1.29, 1.82) is 0 Å². The molecule has 0 fully saturated rings. The quantitative estimate of drug-likeness (QED) is 0.645. The Labute approximate surface area is 81.5 Å². The van der Waals surface area contributed by atoms with Crippen LogP contribution < -0.4 is 0 Å². The van der Waals surface area contributed by atoms with Gasteiger partial charge in [-0.3, -0.25) is 0 Å². The van der Waals surface area contributed by atoms with Crippen LogP contribution in [0.25, 0.3) is 0 Å². The molecule has 0 aliphatic rings. The topological polar surface area (TPSA) is 20.2 Å². The van der Waals surface area contributed by atoms with E-state index in [0.717, 1.165) is 5.57 Å². The molecule has 0 saturated heterocycles. The van der Waals surface area contributed by atoms with E-state index in [1.54, 1.807) is 18.2 Å². The normalized spacial score (nSPS) is 16.8. The summed E-state index contributed by atoms with van der Waals surface area (Å²) in [4.78, 5) is 0. The molecule has 0 aromatic heterocycles. The van der Waals surface area contributed by atoms with Crippen molar-refractivity contribution in [2.45, 2.75) is 26.9 Å². The van der Waals surface area contributed by atoms with Crippen LogP contribution in [0.3, 0.4) is 0 Å². The lowest BCUT2D eigenvalue weighted by molar-refractivity contribution is 0.127. The van der Waals surface area contributed by atoms with Gasteiger partial charge in [-0.1, -0.05) is 52.2 Å². The molecule has 0 amide bonds. The summed E-state index contributed by atoms with van der Waals surface area (Å²) >= 11 is 0. The molecular weight excluding hydrogens is 160 g/mol. The van der Waals surface area contributed by atoms with Crippen molar-refractivity contribution in [2.75, 3.05) is 0 Å². The molecule has 1 heteroatoms. The highest BCUT2D eigenvalue weighted by Gasteiger charge is 2.19. The van der Waals surface area contributed by atoms with E-state index in [2.05, 4.69) is 27.0 Å². The fourth-order valence-electron chi connectivity index (χ4n) is 1.09. The van der Waals surface area contributed by atoms with Crippen molar-refractivity contribution in [3.05, 3.63) is 37.0 Å². The van der Waals surface area contributed by atoms with Crippen LogP contribution in [0.1, 0.15) is 20.8 Å². The molecular formula is C12H20O. The Bertz CT molecular complexity index is 201.